The second-order valence-corrected chi connectivity index (χ2v) is 5.83. The van der Waals surface area contributed by atoms with Gasteiger partial charge in [0.05, 0.1) is 0 Å². The van der Waals surface area contributed by atoms with E-state index in [1.54, 1.807) is 6.92 Å². The van der Waals surface area contributed by atoms with Crippen molar-refractivity contribution in [2.24, 2.45) is 0 Å². The first-order chi connectivity index (χ1) is 5.95. The summed E-state index contributed by atoms with van der Waals surface area (Å²) in [7, 11) is -0.265. The zero-order valence-corrected chi connectivity index (χ0v) is 9.32. The summed E-state index contributed by atoms with van der Waals surface area (Å²) in [5, 5.41) is 2.47. The minimum atomic E-state index is -2.92. The van der Waals surface area contributed by atoms with Crippen molar-refractivity contribution in [1.29, 1.82) is 0 Å². The number of rotatable bonds is 5. The molecule has 5 nitrogen and oxygen atoms in total. The van der Waals surface area contributed by atoms with Crippen molar-refractivity contribution in [2.45, 2.75) is 6.92 Å². The van der Waals surface area contributed by atoms with Gasteiger partial charge in [0, 0.05) is 13.2 Å². The number of hydrogen-bond acceptors (Lipinski definition) is 4. The molecule has 0 radical (unpaired) electrons. The Balaban J connectivity index is 4.00. The van der Waals surface area contributed by atoms with Gasteiger partial charge < -0.3 is 0 Å². The number of amides is 1. The zero-order valence-electron chi connectivity index (χ0n) is 7.61. The second-order valence-electron chi connectivity index (χ2n) is 2.11. The highest BCUT2D eigenvalue weighted by molar-refractivity contribution is 7.96. The lowest BCUT2D eigenvalue weighted by atomic mass is 11.0. The summed E-state index contributed by atoms with van der Waals surface area (Å²) in [5.74, 6) is 0. The van der Waals surface area contributed by atoms with Crippen LogP contribution < -0.4 is 5.09 Å². The van der Waals surface area contributed by atoms with Crippen LogP contribution in [0, 0.1) is 0 Å². The summed E-state index contributed by atoms with van der Waals surface area (Å²) in [4.78, 5) is 10.1. The van der Waals surface area contributed by atoms with Crippen molar-refractivity contribution in [2.75, 3.05) is 20.3 Å². The third-order valence-electron chi connectivity index (χ3n) is 1.27. The van der Waals surface area contributed by atoms with Crippen LogP contribution in [0.5, 0.6) is 0 Å². The molecule has 0 aromatic rings. The second kappa shape index (κ2) is 5.59. The lowest BCUT2D eigenvalue weighted by molar-refractivity contribution is 0.208. The third kappa shape index (κ3) is 4.61. The first-order valence-corrected chi connectivity index (χ1v) is 6.03. The first-order valence-electron chi connectivity index (χ1n) is 3.53. The third-order valence-corrected chi connectivity index (χ3v) is 4.38. The van der Waals surface area contributed by atoms with Crippen LogP contribution in [0.4, 0.5) is 9.18 Å². The van der Waals surface area contributed by atoms with Crippen LogP contribution in [-0.4, -0.2) is 30.7 Å². The Labute approximate surface area is 80.8 Å². The lowest BCUT2D eigenvalue weighted by Crippen LogP contribution is -2.14. The van der Waals surface area contributed by atoms with Crippen molar-refractivity contribution < 1.29 is 17.7 Å². The predicted molar refractivity (Wildman–Crippen MR) is 50.2 cm³/mol. The Hall–Kier alpha value is -0.100. The largest absolute Gasteiger partial charge is 0.411 e. The quantitative estimate of drug-likeness (QED) is 0.257. The Kier molecular flexibility index (Phi) is 5.55. The predicted octanol–water partition coefficient (Wildman–Crippen LogP) is 2.02. The maximum atomic E-state index is 12.0. The number of carbonyl (C=O) groups is 1. The van der Waals surface area contributed by atoms with E-state index in [9.17, 15) is 13.8 Å². The van der Waals surface area contributed by atoms with Crippen molar-refractivity contribution >= 4 is 25.9 Å². The molecule has 0 aliphatic rings. The molecule has 1 atom stereocenters. The fourth-order valence-electron chi connectivity index (χ4n) is 0.381. The minimum absolute atomic E-state index is 0.269. The molecular weight excluding hydrogens is 218 g/mol. The van der Waals surface area contributed by atoms with Gasteiger partial charge in [0.2, 0.25) is 0 Å². The number of halogens is 1. The average Bonchev–Trinajstić information content (AvgIpc) is 2.13. The molecule has 0 aliphatic heterocycles. The Bertz CT molecular complexity index is 220. The fourth-order valence-corrected chi connectivity index (χ4v) is 2.31. The molecule has 0 saturated heterocycles. The van der Waals surface area contributed by atoms with Crippen molar-refractivity contribution in [1.82, 2.24) is 9.39 Å². The molecule has 78 valence electrons. The van der Waals surface area contributed by atoms with Crippen LogP contribution in [0.2, 0.25) is 0 Å². The van der Waals surface area contributed by atoms with Crippen LogP contribution >= 0.6 is 19.7 Å². The molecule has 0 rings (SSSR count). The molecule has 1 amide bonds. The Morgan fingerprint density at radius 2 is 2.31 bits per heavy atom. The molecule has 13 heavy (non-hydrogen) atoms. The molecule has 0 saturated carbocycles. The SMILES string of the molecule is CCP(=O)(NC)OSN(C)C(=O)F. The van der Waals surface area contributed by atoms with E-state index in [-0.39, 0.29) is 6.16 Å². The summed E-state index contributed by atoms with van der Waals surface area (Å²) in [6.45, 7) is 1.66. The van der Waals surface area contributed by atoms with E-state index in [1.807, 2.05) is 0 Å². The summed E-state index contributed by atoms with van der Waals surface area (Å²) < 4.78 is 28.8. The van der Waals surface area contributed by atoms with Gasteiger partial charge in [0.25, 0.3) is 7.52 Å². The molecule has 0 heterocycles. The van der Waals surface area contributed by atoms with Crippen LogP contribution in [0.15, 0.2) is 0 Å². The molecule has 0 aromatic heterocycles. The average molecular weight is 230 g/mol. The van der Waals surface area contributed by atoms with Crippen LogP contribution in [0.1, 0.15) is 6.92 Å². The lowest BCUT2D eigenvalue weighted by Gasteiger charge is -2.16. The Morgan fingerprint density at radius 3 is 2.62 bits per heavy atom. The monoisotopic (exact) mass is 230 g/mol. The van der Waals surface area contributed by atoms with E-state index in [0.717, 1.165) is 0 Å². The number of carbonyl (C=O) groups excluding carboxylic acids is 1. The molecule has 0 aromatic carbocycles. The molecule has 0 bridgehead atoms. The van der Waals surface area contributed by atoms with E-state index in [0.29, 0.717) is 16.5 Å². The van der Waals surface area contributed by atoms with Crippen molar-refractivity contribution in [3.05, 3.63) is 0 Å². The molecule has 0 aliphatic carbocycles. The van der Waals surface area contributed by atoms with E-state index >= 15 is 0 Å². The fraction of sp³-hybridized carbons (Fsp3) is 0.800. The highest BCUT2D eigenvalue weighted by atomic mass is 32.2. The molecule has 1 unspecified atom stereocenters. The number of hydrogen-bond donors (Lipinski definition) is 1. The van der Waals surface area contributed by atoms with Gasteiger partial charge in [-0.2, -0.15) is 0 Å². The van der Waals surface area contributed by atoms with Gasteiger partial charge in [-0.1, -0.05) is 6.92 Å². The van der Waals surface area contributed by atoms with Crippen LogP contribution in [0.25, 0.3) is 0 Å². The molecule has 0 fully saturated rings. The molecular formula is C5H12FN2O3PS. The minimum Gasteiger partial charge on any atom is -0.274 e. The summed E-state index contributed by atoms with van der Waals surface area (Å²) in [5.41, 5.74) is 0. The van der Waals surface area contributed by atoms with Crippen molar-refractivity contribution in [3.63, 3.8) is 0 Å². The van der Waals surface area contributed by atoms with Gasteiger partial charge in [-0.25, -0.2) is 18.2 Å². The van der Waals surface area contributed by atoms with E-state index < -0.39 is 13.7 Å². The van der Waals surface area contributed by atoms with E-state index in [4.69, 9.17) is 3.97 Å². The summed E-state index contributed by atoms with van der Waals surface area (Å²) in [6, 6.07) is 0. The van der Waals surface area contributed by atoms with Gasteiger partial charge in [-0.3, -0.25) is 4.57 Å². The summed E-state index contributed by atoms with van der Waals surface area (Å²) >= 11 is 0.424. The van der Waals surface area contributed by atoms with Gasteiger partial charge in [-0.15, -0.1) is 4.39 Å². The normalized spacial score (nSPS) is 15.1. The molecule has 0 spiro atoms. The van der Waals surface area contributed by atoms with Gasteiger partial charge in [0.15, 0.2) is 0 Å². The highest BCUT2D eigenvalue weighted by Gasteiger charge is 2.21. The Morgan fingerprint density at radius 1 is 1.77 bits per heavy atom. The maximum Gasteiger partial charge on any atom is 0.411 e. The standard InChI is InChI=1S/C5H12FN2O3PS/c1-4-12(10,7-2)11-13-8(3)5(6)9/h4H2,1-3H3,(H,7,10). The molecule has 8 heteroatoms. The zero-order chi connectivity index (χ0) is 10.5. The van der Waals surface area contributed by atoms with Crippen LogP contribution in [0.3, 0.4) is 0 Å². The first kappa shape index (κ1) is 12.9. The van der Waals surface area contributed by atoms with Crippen molar-refractivity contribution in [3.8, 4) is 0 Å². The van der Waals surface area contributed by atoms with E-state index in [1.165, 1.54) is 14.1 Å². The van der Waals surface area contributed by atoms with Gasteiger partial charge in [0.1, 0.15) is 12.2 Å². The van der Waals surface area contributed by atoms with Gasteiger partial charge in [-0.05, 0) is 7.05 Å². The van der Waals surface area contributed by atoms with Gasteiger partial charge >= 0.3 is 6.16 Å². The highest BCUT2D eigenvalue weighted by Crippen LogP contribution is 2.45. The van der Waals surface area contributed by atoms with Crippen LogP contribution in [-0.2, 0) is 8.54 Å². The smallest absolute Gasteiger partial charge is 0.274 e. The number of nitrogens with one attached hydrogen (secondary N) is 1. The summed E-state index contributed by atoms with van der Waals surface area (Å²) in [6.07, 6.45) is -1.38. The maximum absolute atomic E-state index is 12.0. The van der Waals surface area contributed by atoms with E-state index in [2.05, 4.69) is 5.09 Å². The molecule has 1 N–H and O–H groups in total. The number of nitrogens with zero attached hydrogens (tertiary/aromatic N) is 1. The topological polar surface area (TPSA) is 58.6 Å².